The highest BCUT2D eigenvalue weighted by molar-refractivity contribution is 6.30. The molecule has 2 aromatic carbocycles. The zero-order valence-corrected chi connectivity index (χ0v) is 17.0. The fraction of sp³-hybridized carbons (Fsp3) is 0.333. The highest BCUT2D eigenvalue weighted by atomic mass is 35.5. The summed E-state index contributed by atoms with van der Waals surface area (Å²) in [6.45, 7) is 4.91. The topological polar surface area (TPSA) is 67.2 Å². The zero-order valence-electron chi connectivity index (χ0n) is 16.3. The lowest BCUT2D eigenvalue weighted by Gasteiger charge is -2.38. The van der Waals surface area contributed by atoms with Crippen LogP contribution < -0.4 is 4.90 Å². The predicted molar refractivity (Wildman–Crippen MR) is 112 cm³/mol. The van der Waals surface area contributed by atoms with Gasteiger partial charge in [0.05, 0.1) is 0 Å². The minimum Gasteiger partial charge on any atom is -0.368 e. The van der Waals surface area contributed by atoms with Gasteiger partial charge in [0, 0.05) is 43.3 Å². The van der Waals surface area contributed by atoms with E-state index in [2.05, 4.69) is 27.3 Å². The maximum Gasteiger partial charge on any atom is 0.248 e. The number of carbonyl (C=O) groups excluding carboxylic acids is 1. The maximum absolute atomic E-state index is 13.3. The molecule has 1 aromatic heterocycles. The van der Waals surface area contributed by atoms with E-state index in [4.69, 9.17) is 11.6 Å². The SMILES string of the molecule is Cc1ccc(Cl)cc1N1CCN(C(=O)C(Cc2ccccc2)n2cnnn2)CC1. The molecule has 3 aromatic rings. The number of carbonyl (C=O) groups is 1. The summed E-state index contributed by atoms with van der Waals surface area (Å²) in [4.78, 5) is 17.5. The third-order valence-electron chi connectivity index (χ3n) is 5.34. The summed E-state index contributed by atoms with van der Waals surface area (Å²) in [5.74, 6) is 0.0450. The molecule has 1 amide bonds. The first kappa shape index (κ1) is 19.4. The first-order valence-corrected chi connectivity index (χ1v) is 10.1. The Morgan fingerprint density at radius 2 is 1.86 bits per heavy atom. The number of benzene rings is 2. The Kier molecular flexibility index (Phi) is 5.76. The summed E-state index contributed by atoms with van der Waals surface area (Å²) in [6, 6.07) is 15.4. The number of halogens is 1. The van der Waals surface area contributed by atoms with Crippen LogP contribution in [0.25, 0.3) is 0 Å². The van der Waals surface area contributed by atoms with Crippen molar-refractivity contribution < 1.29 is 4.79 Å². The zero-order chi connectivity index (χ0) is 20.2. The van der Waals surface area contributed by atoms with Gasteiger partial charge in [-0.1, -0.05) is 48.0 Å². The van der Waals surface area contributed by atoms with Gasteiger partial charge in [-0.2, -0.15) is 0 Å². The third kappa shape index (κ3) is 4.40. The monoisotopic (exact) mass is 410 g/mol. The van der Waals surface area contributed by atoms with Gasteiger partial charge < -0.3 is 9.80 Å². The molecule has 0 saturated carbocycles. The van der Waals surface area contributed by atoms with E-state index in [1.165, 1.54) is 11.9 Å². The van der Waals surface area contributed by atoms with E-state index >= 15 is 0 Å². The van der Waals surface area contributed by atoms with Crippen LogP contribution in [0.1, 0.15) is 17.2 Å². The van der Waals surface area contributed by atoms with Crippen LogP contribution in [0.2, 0.25) is 5.02 Å². The van der Waals surface area contributed by atoms with Crippen molar-refractivity contribution in [1.29, 1.82) is 0 Å². The molecule has 0 aliphatic carbocycles. The van der Waals surface area contributed by atoms with Crippen molar-refractivity contribution in [3.05, 3.63) is 71.0 Å². The molecule has 1 atom stereocenters. The Hall–Kier alpha value is -2.93. The number of hydrogen-bond donors (Lipinski definition) is 0. The van der Waals surface area contributed by atoms with Crippen LogP contribution in [0.3, 0.4) is 0 Å². The lowest BCUT2D eigenvalue weighted by Crippen LogP contribution is -2.51. The Morgan fingerprint density at radius 1 is 1.10 bits per heavy atom. The molecule has 1 unspecified atom stereocenters. The van der Waals surface area contributed by atoms with Gasteiger partial charge in [-0.15, -0.1) is 5.10 Å². The van der Waals surface area contributed by atoms with E-state index < -0.39 is 6.04 Å². The average Bonchev–Trinajstić information content (AvgIpc) is 3.29. The highest BCUT2D eigenvalue weighted by Gasteiger charge is 2.30. The van der Waals surface area contributed by atoms with Crippen molar-refractivity contribution in [1.82, 2.24) is 25.1 Å². The lowest BCUT2D eigenvalue weighted by atomic mass is 10.0. The van der Waals surface area contributed by atoms with Gasteiger partial charge in [0.15, 0.2) is 0 Å². The second kappa shape index (κ2) is 8.61. The van der Waals surface area contributed by atoms with Gasteiger partial charge in [-0.05, 0) is 40.6 Å². The molecular weight excluding hydrogens is 388 g/mol. The predicted octanol–water partition coefficient (Wildman–Crippen LogP) is 2.77. The number of hydrogen-bond acceptors (Lipinski definition) is 5. The number of anilines is 1. The molecule has 7 nitrogen and oxygen atoms in total. The third-order valence-corrected chi connectivity index (χ3v) is 5.58. The summed E-state index contributed by atoms with van der Waals surface area (Å²) in [7, 11) is 0. The largest absolute Gasteiger partial charge is 0.368 e. The molecule has 4 rings (SSSR count). The number of aromatic nitrogens is 4. The van der Waals surface area contributed by atoms with Crippen molar-refractivity contribution in [3.8, 4) is 0 Å². The van der Waals surface area contributed by atoms with Gasteiger partial charge in [0.1, 0.15) is 12.4 Å². The average molecular weight is 411 g/mol. The van der Waals surface area contributed by atoms with Gasteiger partial charge in [0.25, 0.3) is 0 Å². The van der Waals surface area contributed by atoms with Crippen molar-refractivity contribution in [2.24, 2.45) is 0 Å². The summed E-state index contributed by atoms with van der Waals surface area (Å²) < 4.78 is 1.56. The standard InChI is InChI=1S/C21H23ClN6O/c1-16-7-8-18(22)14-19(16)26-9-11-27(12-10-26)21(29)20(28-15-23-24-25-28)13-17-5-3-2-4-6-17/h2-8,14-15,20H,9-13H2,1H3. The summed E-state index contributed by atoms with van der Waals surface area (Å²) in [6.07, 6.45) is 2.06. The molecule has 1 aliphatic rings. The van der Waals surface area contributed by atoms with E-state index in [0.29, 0.717) is 19.5 Å². The Bertz CT molecular complexity index is 955. The van der Waals surface area contributed by atoms with Crippen LogP contribution >= 0.6 is 11.6 Å². The Morgan fingerprint density at radius 3 is 2.55 bits per heavy atom. The quantitative estimate of drug-likeness (QED) is 0.647. The lowest BCUT2D eigenvalue weighted by molar-refractivity contribution is -0.135. The van der Waals surface area contributed by atoms with Crippen molar-refractivity contribution in [2.45, 2.75) is 19.4 Å². The van der Waals surface area contributed by atoms with E-state index in [9.17, 15) is 4.79 Å². The fourth-order valence-corrected chi connectivity index (χ4v) is 3.91. The minimum atomic E-state index is -0.452. The number of aryl methyl sites for hydroxylation is 1. The van der Waals surface area contributed by atoms with Crippen molar-refractivity contribution in [3.63, 3.8) is 0 Å². The van der Waals surface area contributed by atoms with E-state index in [0.717, 1.165) is 29.4 Å². The number of rotatable bonds is 5. The van der Waals surface area contributed by atoms with Gasteiger partial charge >= 0.3 is 0 Å². The second-order valence-corrected chi connectivity index (χ2v) is 7.67. The molecule has 29 heavy (non-hydrogen) atoms. The summed E-state index contributed by atoms with van der Waals surface area (Å²) in [5, 5.41) is 12.2. The summed E-state index contributed by atoms with van der Waals surface area (Å²) in [5.41, 5.74) is 3.39. The van der Waals surface area contributed by atoms with Crippen molar-refractivity contribution in [2.75, 3.05) is 31.1 Å². The molecule has 2 heterocycles. The molecule has 150 valence electrons. The number of nitrogens with zero attached hydrogens (tertiary/aromatic N) is 6. The Balaban J connectivity index is 1.47. The molecule has 0 N–H and O–H groups in total. The van der Waals surface area contributed by atoms with Crippen LogP contribution in [-0.2, 0) is 11.2 Å². The van der Waals surface area contributed by atoms with Gasteiger partial charge in [0.2, 0.25) is 5.91 Å². The van der Waals surface area contributed by atoms with Crippen LogP contribution in [-0.4, -0.2) is 57.2 Å². The number of tetrazole rings is 1. The van der Waals surface area contributed by atoms with Crippen molar-refractivity contribution >= 4 is 23.2 Å². The first-order valence-electron chi connectivity index (χ1n) is 9.68. The van der Waals surface area contributed by atoms with E-state index in [1.807, 2.05) is 53.4 Å². The first-order chi connectivity index (χ1) is 14.1. The molecular formula is C21H23ClN6O. The number of amides is 1. The fourth-order valence-electron chi connectivity index (χ4n) is 3.74. The summed E-state index contributed by atoms with van der Waals surface area (Å²) >= 11 is 6.18. The molecule has 1 aliphatic heterocycles. The van der Waals surface area contributed by atoms with Crippen LogP contribution in [0.5, 0.6) is 0 Å². The van der Waals surface area contributed by atoms with Crippen LogP contribution in [0, 0.1) is 6.92 Å². The molecule has 1 fully saturated rings. The minimum absolute atomic E-state index is 0.0450. The van der Waals surface area contributed by atoms with Gasteiger partial charge in [-0.3, -0.25) is 4.79 Å². The van der Waals surface area contributed by atoms with Gasteiger partial charge in [-0.25, -0.2) is 4.68 Å². The smallest absolute Gasteiger partial charge is 0.248 e. The normalized spacial score (nSPS) is 15.4. The molecule has 0 spiro atoms. The molecule has 0 radical (unpaired) electrons. The van der Waals surface area contributed by atoms with Crippen LogP contribution in [0.15, 0.2) is 54.9 Å². The number of piperazine rings is 1. The van der Waals surface area contributed by atoms with E-state index in [-0.39, 0.29) is 5.91 Å². The Labute approximate surface area is 174 Å². The highest BCUT2D eigenvalue weighted by Crippen LogP contribution is 2.26. The second-order valence-electron chi connectivity index (χ2n) is 7.24. The van der Waals surface area contributed by atoms with E-state index in [1.54, 1.807) is 4.68 Å². The molecule has 8 heteroatoms. The maximum atomic E-state index is 13.3. The molecule has 1 saturated heterocycles. The molecule has 0 bridgehead atoms. The van der Waals surface area contributed by atoms with Crippen LogP contribution in [0.4, 0.5) is 5.69 Å².